The number of nitrogens with two attached hydrogens (primary N) is 1. The summed E-state index contributed by atoms with van der Waals surface area (Å²) < 4.78 is 36.3. The molecule has 102 valence electrons. The minimum Gasteiger partial charge on any atom is -0.462 e. The van der Waals surface area contributed by atoms with Crippen molar-refractivity contribution in [2.45, 2.75) is 19.1 Å². The molecule has 0 radical (unpaired) electrons. The van der Waals surface area contributed by atoms with Gasteiger partial charge in [0.15, 0.2) is 11.6 Å². The van der Waals surface area contributed by atoms with Crippen LogP contribution in [0, 0.1) is 11.6 Å². The summed E-state index contributed by atoms with van der Waals surface area (Å²) in [7, 11) is 1.57. The van der Waals surface area contributed by atoms with E-state index in [2.05, 4.69) is 0 Å². The third-order valence-electron chi connectivity index (χ3n) is 2.77. The molecular weight excluding hydrogens is 252 g/mol. The Bertz CT molecular complexity index is 554. The highest BCUT2D eigenvalue weighted by molar-refractivity contribution is 5.21. The zero-order valence-corrected chi connectivity index (χ0v) is 10.5. The van der Waals surface area contributed by atoms with Crippen LogP contribution in [0.1, 0.15) is 23.1 Å². The van der Waals surface area contributed by atoms with Crippen molar-refractivity contribution in [1.29, 1.82) is 0 Å². The largest absolute Gasteiger partial charge is 0.462 e. The van der Waals surface area contributed by atoms with E-state index < -0.39 is 17.7 Å². The summed E-state index contributed by atoms with van der Waals surface area (Å²) >= 11 is 0. The van der Waals surface area contributed by atoms with Gasteiger partial charge in [0, 0.05) is 7.11 Å². The summed E-state index contributed by atoms with van der Waals surface area (Å²) in [5.41, 5.74) is 6.60. The average Bonchev–Trinajstić information content (AvgIpc) is 2.83. The van der Waals surface area contributed by atoms with Gasteiger partial charge >= 0.3 is 0 Å². The molecule has 3 nitrogen and oxygen atoms in total. The standard InChI is InChI=1S/C14H15F2NO2/c1-18-8-10-3-5-14(19-10)13(17)7-9-2-4-11(15)12(16)6-9/h2-6,13H,7-8,17H2,1H3. The number of benzene rings is 1. The maximum atomic E-state index is 13.1. The van der Waals surface area contributed by atoms with E-state index in [1.54, 1.807) is 19.2 Å². The fourth-order valence-electron chi connectivity index (χ4n) is 1.83. The van der Waals surface area contributed by atoms with E-state index >= 15 is 0 Å². The van der Waals surface area contributed by atoms with Gasteiger partial charge in [-0.25, -0.2) is 8.78 Å². The molecule has 0 aliphatic heterocycles. The number of hydrogen-bond acceptors (Lipinski definition) is 3. The second kappa shape index (κ2) is 5.95. The number of halogens is 2. The predicted molar refractivity (Wildman–Crippen MR) is 66.4 cm³/mol. The first-order chi connectivity index (χ1) is 9.10. The van der Waals surface area contributed by atoms with Gasteiger partial charge in [-0.05, 0) is 36.2 Å². The average molecular weight is 267 g/mol. The fourth-order valence-corrected chi connectivity index (χ4v) is 1.83. The zero-order chi connectivity index (χ0) is 13.8. The van der Waals surface area contributed by atoms with Crippen LogP contribution in [-0.2, 0) is 17.8 Å². The van der Waals surface area contributed by atoms with Crippen molar-refractivity contribution in [3.63, 3.8) is 0 Å². The molecule has 0 fully saturated rings. The fraction of sp³-hybridized carbons (Fsp3) is 0.286. The first kappa shape index (κ1) is 13.7. The van der Waals surface area contributed by atoms with Crippen LogP contribution in [0.5, 0.6) is 0 Å². The maximum absolute atomic E-state index is 13.1. The van der Waals surface area contributed by atoms with Crippen molar-refractivity contribution in [3.8, 4) is 0 Å². The van der Waals surface area contributed by atoms with Crippen LogP contribution in [0.3, 0.4) is 0 Å². The van der Waals surface area contributed by atoms with E-state index in [4.69, 9.17) is 14.9 Å². The van der Waals surface area contributed by atoms with Crippen molar-refractivity contribution >= 4 is 0 Å². The van der Waals surface area contributed by atoms with Gasteiger partial charge in [0.05, 0.1) is 6.04 Å². The summed E-state index contributed by atoms with van der Waals surface area (Å²) in [4.78, 5) is 0. The number of ether oxygens (including phenoxy) is 1. The van der Waals surface area contributed by atoms with Crippen molar-refractivity contribution in [3.05, 3.63) is 59.1 Å². The van der Waals surface area contributed by atoms with Gasteiger partial charge in [-0.2, -0.15) is 0 Å². The van der Waals surface area contributed by atoms with E-state index in [9.17, 15) is 8.78 Å². The molecule has 2 aromatic rings. The smallest absolute Gasteiger partial charge is 0.159 e. The molecule has 1 aromatic heterocycles. The van der Waals surface area contributed by atoms with Gasteiger partial charge in [-0.1, -0.05) is 6.07 Å². The monoisotopic (exact) mass is 267 g/mol. The Labute approximate surface area is 110 Å². The van der Waals surface area contributed by atoms with E-state index in [-0.39, 0.29) is 0 Å². The lowest BCUT2D eigenvalue weighted by Crippen LogP contribution is -2.12. The lowest BCUT2D eigenvalue weighted by atomic mass is 10.0. The minimum absolute atomic E-state index is 0.372. The quantitative estimate of drug-likeness (QED) is 0.906. The Hall–Kier alpha value is -1.72. The molecule has 1 atom stereocenters. The Morgan fingerprint density at radius 3 is 2.68 bits per heavy atom. The molecule has 1 aromatic carbocycles. The molecule has 0 spiro atoms. The molecule has 0 bridgehead atoms. The normalized spacial score (nSPS) is 12.6. The molecule has 19 heavy (non-hydrogen) atoms. The van der Waals surface area contributed by atoms with Gasteiger partial charge < -0.3 is 14.9 Å². The van der Waals surface area contributed by atoms with Crippen LogP contribution < -0.4 is 5.73 Å². The minimum atomic E-state index is -0.871. The van der Waals surface area contributed by atoms with Crippen molar-refractivity contribution < 1.29 is 17.9 Å². The van der Waals surface area contributed by atoms with Crippen molar-refractivity contribution in [1.82, 2.24) is 0 Å². The van der Waals surface area contributed by atoms with Crippen molar-refractivity contribution in [2.75, 3.05) is 7.11 Å². The summed E-state index contributed by atoms with van der Waals surface area (Å²) in [6.45, 7) is 0.373. The molecule has 2 N–H and O–H groups in total. The van der Waals surface area contributed by atoms with Gasteiger partial charge in [0.25, 0.3) is 0 Å². The lowest BCUT2D eigenvalue weighted by molar-refractivity contribution is 0.162. The highest BCUT2D eigenvalue weighted by Gasteiger charge is 2.13. The van der Waals surface area contributed by atoms with Gasteiger partial charge in [-0.3, -0.25) is 0 Å². The van der Waals surface area contributed by atoms with E-state index in [1.807, 2.05) is 0 Å². The maximum Gasteiger partial charge on any atom is 0.159 e. The Balaban J connectivity index is 2.06. The third kappa shape index (κ3) is 3.39. The first-order valence-electron chi connectivity index (χ1n) is 5.87. The number of furan rings is 1. The van der Waals surface area contributed by atoms with Gasteiger partial charge in [-0.15, -0.1) is 0 Å². The third-order valence-corrected chi connectivity index (χ3v) is 2.77. The van der Waals surface area contributed by atoms with E-state index in [1.165, 1.54) is 6.07 Å². The molecule has 1 unspecified atom stereocenters. The van der Waals surface area contributed by atoms with E-state index in [0.717, 1.165) is 12.1 Å². The summed E-state index contributed by atoms with van der Waals surface area (Å²) in [5, 5.41) is 0. The predicted octanol–water partition coefficient (Wildman–Crippen LogP) is 2.95. The van der Waals surface area contributed by atoms with Crippen LogP contribution in [0.15, 0.2) is 34.7 Å². The summed E-state index contributed by atoms with van der Waals surface area (Å²) in [5.74, 6) is -0.461. The van der Waals surface area contributed by atoms with Gasteiger partial charge in [0.2, 0.25) is 0 Å². The molecule has 5 heteroatoms. The number of rotatable bonds is 5. The van der Waals surface area contributed by atoms with E-state index in [0.29, 0.717) is 30.1 Å². The second-order valence-electron chi connectivity index (χ2n) is 4.30. The molecule has 0 saturated carbocycles. The topological polar surface area (TPSA) is 48.4 Å². The van der Waals surface area contributed by atoms with Crippen LogP contribution >= 0.6 is 0 Å². The highest BCUT2D eigenvalue weighted by Crippen LogP contribution is 2.20. The van der Waals surface area contributed by atoms with Crippen LogP contribution in [0.2, 0.25) is 0 Å². The Morgan fingerprint density at radius 2 is 2.00 bits per heavy atom. The number of hydrogen-bond donors (Lipinski definition) is 1. The molecule has 1 heterocycles. The van der Waals surface area contributed by atoms with Crippen LogP contribution in [0.25, 0.3) is 0 Å². The SMILES string of the molecule is COCc1ccc(C(N)Cc2ccc(F)c(F)c2)o1. The van der Waals surface area contributed by atoms with Gasteiger partial charge in [0.1, 0.15) is 18.1 Å². The Kier molecular flexibility index (Phi) is 4.29. The molecule has 0 aliphatic rings. The number of methoxy groups -OCH3 is 1. The second-order valence-corrected chi connectivity index (χ2v) is 4.30. The lowest BCUT2D eigenvalue weighted by Gasteiger charge is -2.09. The highest BCUT2D eigenvalue weighted by atomic mass is 19.2. The molecule has 2 rings (SSSR count). The zero-order valence-electron chi connectivity index (χ0n) is 10.5. The Morgan fingerprint density at radius 1 is 1.21 bits per heavy atom. The summed E-state index contributed by atoms with van der Waals surface area (Å²) in [6, 6.07) is 6.89. The van der Waals surface area contributed by atoms with Crippen LogP contribution in [-0.4, -0.2) is 7.11 Å². The molecule has 0 amide bonds. The van der Waals surface area contributed by atoms with Crippen LogP contribution in [0.4, 0.5) is 8.78 Å². The summed E-state index contributed by atoms with van der Waals surface area (Å²) in [6.07, 6.45) is 0.372. The van der Waals surface area contributed by atoms with Crippen molar-refractivity contribution in [2.24, 2.45) is 5.73 Å². The molecule has 0 aliphatic carbocycles. The first-order valence-corrected chi connectivity index (χ1v) is 5.87. The molecular formula is C14H15F2NO2. The molecule has 0 saturated heterocycles.